The number of thioether (sulfide) groups is 1. The molecule has 5 rings (SSSR count). The number of amides is 3. The molecule has 0 saturated carbocycles. The summed E-state index contributed by atoms with van der Waals surface area (Å²) >= 11 is 1.44. The third kappa shape index (κ3) is 4.66. The van der Waals surface area contributed by atoms with Crippen molar-refractivity contribution in [2.45, 2.75) is 75.6 Å². The molecule has 15 heteroatoms. The molecule has 0 spiro atoms. The van der Waals surface area contributed by atoms with Gasteiger partial charge in [0.15, 0.2) is 0 Å². The zero-order valence-electron chi connectivity index (χ0n) is 21.5. The molecule has 0 unspecified atom stereocenters. The maximum atomic E-state index is 13.1. The van der Waals surface area contributed by atoms with Gasteiger partial charge in [0.05, 0.1) is 18.0 Å². The fraction of sp³-hybridized carbons (Fsp3) is 0.696. The molecule has 14 nitrogen and oxygen atoms in total. The minimum absolute atomic E-state index is 0.00915. The van der Waals surface area contributed by atoms with Gasteiger partial charge in [0.25, 0.3) is 0 Å². The summed E-state index contributed by atoms with van der Waals surface area (Å²) in [7, 11) is 0. The molecule has 0 radical (unpaired) electrons. The molecular formula is C23H33N9O5S. The number of hydrogen-bond acceptors (Lipinski definition) is 10. The second-order valence-electron chi connectivity index (χ2n) is 10.7. The SMILES string of the molecule is C[C@@H]1C[C@@H](N)CN1C(=O)[C@@H]1C[C@H](SC2=C(C(=O)O)N3C(=O)[C@H]([C@@H](C)NC(=O)Cn4cnnn4)[C@H]3[C@H]2C)CN1. The maximum Gasteiger partial charge on any atom is 0.353 e. The van der Waals surface area contributed by atoms with Crippen LogP contribution in [0.15, 0.2) is 16.9 Å². The van der Waals surface area contributed by atoms with Gasteiger partial charge in [-0.3, -0.25) is 14.4 Å². The molecule has 4 aliphatic rings. The van der Waals surface area contributed by atoms with Crippen LogP contribution in [0.4, 0.5) is 0 Å². The number of β-lactam (4-membered cyclic amide) rings is 1. The monoisotopic (exact) mass is 547 g/mol. The number of aromatic nitrogens is 4. The number of hydrogen-bond donors (Lipinski definition) is 4. The van der Waals surface area contributed by atoms with Crippen molar-refractivity contribution in [1.29, 1.82) is 0 Å². The second-order valence-corrected chi connectivity index (χ2v) is 12.0. The summed E-state index contributed by atoms with van der Waals surface area (Å²) in [6.45, 7) is 6.69. The van der Waals surface area contributed by atoms with Gasteiger partial charge in [-0.1, -0.05) is 6.92 Å². The van der Waals surface area contributed by atoms with Crippen LogP contribution >= 0.6 is 11.8 Å². The van der Waals surface area contributed by atoms with Gasteiger partial charge in [-0.15, -0.1) is 16.9 Å². The van der Waals surface area contributed by atoms with E-state index in [1.54, 1.807) is 6.92 Å². The summed E-state index contributed by atoms with van der Waals surface area (Å²) < 4.78 is 1.28. The predicted molar refractivity (Wildman–Crippen MR) is 135 cm³/mol. The zero-order valence-corrected chi connectivity index (χ0v) is 22.3. The quantitative estimate of drug-likeness (QED) is 0.273. The highest BCUT2D eigenvalue weighted by atomic mass is 32.2. The molecular weight excluding hydrogens is 514 g/mol. The smallest absolute Gasteiger partial charge is 0.353 e. The molecule has 5 heterocycles. The van der Waals surface area contributed by atoms with Crippen LogP contribution in [0, 0.1) is 11.8 Å². The Morgan fingerprint density at radius 2 is 2.08 bits per heavy atom. The lowest BCUT2D eigenvalue weighted by Gasteiger charge is -2.47. The Hall–Kier alpha value is -3.04. The van der Waals surface area contributed by atoms with E-state index in [9.17, 15) is 24.3 Å². The van der Waals surface area contributed by atoms with Gasteiger partial charge >= 0.3 is 5.97 Å². The molecule has 5 N–H and O–H groups in total. The highest BCUT2D eigenvalue weighted by Gasteiger charge is 2.60. The van der Waals surface area contributed by atoms with E-state index in [1.807, 2.05) is 18.7 Å². The number of rotatable bonds is 8. The topological polar surface area (TPSA) is 189 Å². The Balaban J connectivity index is 1.24. The van der Waals surface area contributed by atoms with E-state index < -0.39 is 17.9 Å². The molecule has 0 aromatic carbocycles. The summed E-state index contributed by atoms with van der Waals surface area (Å²) in [5.74, 6) is -2.55. The summed E-state index contributed by atoms with van der Waals surface area (Å²) in [6, 6.07) is -1.11. The van der Waals surface area contributed by atoms with Crippen LogP contribution < -0.4 is 16.4 Å². The van der Waals surface area contributed by atoms with Gasteiger partial charge in [-0.05, 0) is 37.1 Å². The average Bonchev–Trinajstić information content (AvgIpc) is 3.62. The number of carbonyl (C=O) groups is 4. The van der Waals surface area contributed by atoms with Crippen molar-refractivity contribution in [2.75, 3.05) is 13.1 Å². The number of aliphatic carboxylic acids is 1. The minimum atomic E-state index is -1.15. The number of likely N-dealkylation sites (tertiary alicyclic amines) is 1. The van der Waals surface area contributed by atoms with Crippen molar-refractivity contribution in [2.24, 2.45) is 17.6 Å². The van der Waals surface area contributed by atoms with Gasteiger partial charge in [-0.2, -0.15) is 0 Å². The number of nitrogens with zero attached hydrogens (tertiary/aromatic N) is 6. The number of fused-ring (bicyclic) bond motifs is 1. The molecule has 1 aromatic rings. The molecule has 3 amide bonds. The lowest BCUT2D eigenvalue weighted by Crippen LogP contribution is -2.66. The van der Waals surface area contributed by atoms with Crippen molar-refractivity contribution in [3.05, 3.63) is 16.9 Å². The highest BCUT2D eigenvalue weighted by Crippen LogP contribution is 2.51. The Kier molecular flexibility index (Phi) is 7.17. The Bertz CT molecular complexity index is 1160. The molecule has 0 aliphatic carbocycles. The molecule has 38 heavy (non-hydrogen) atoms. The molecule has 206 valence electrons. The van der Waals surface area contributed by atoms with Crippen molar-refractivity contribution in [3.63, 3.8) is 0 Å². The first-order valence-electron chi connectivity index (χ1n) is 12.8. The Morgan fingerprint density at radius 1 is 1.32 bits per heavy atom. The Morgan fingerprint density at radius 3 is 2.71 bits per heavy atom. The normalized spacial score (nSPS) is 33.4. The van der Waals surface area contributed by atoms with Crippen molar-refractivity contribution < 1.29 is 24.3 Å². The van der Waals surface area contributed by atoms with E-state index in [2.05, 4.69) is 26.2 Å². The van der Waals surface area contributed by atoms with Crippen molar-refractivity contribution in [3.8, 4) is 0 Å². The lowest BCUT2D eigenvalue weighted by molar-refractivity contribution is -0.158. The van der Waals surface area contributed by atoms with Crippen LogP contribution in [0.5, 0.6) is 0 Å². The van der Waals surface area contributed by atoms with Crippen LogP contribution in [-0.4, -0.2) is 107 Å². The average molecular weight is 548 g/mol. The fourth-order valence-electron chi connectivity index (χ4n) is 6.23. The van der Waals surface area contributed by atoms with Crippen LogP contribution in [0.1, 0.15) is 33.6 Å². The zero-order chi connectivity index (χ0) is 27.3. The van der Waals surface area contributed by atoms with Gasteiger partial charge in [0.1, 0.15) is 18.6 Å². The van der Waals surface area contributed by atoms with Crippen LogP contribution in [0.2, 0.25) is 0 Å². The fourth-order valence-corrected chi connectivity index (χ4v) is 7.71. The first kappa shape index (κ1) is 26.6. The van der Waals surface area contributed by atoms with Crippen LogP contribution in [0.25, 0.3) is 0 Å². The van der Waals surface area contributed by atoms with Gasteiger partial charge in [0.2, 0.25) is 17.7 Å². The first-order valence-corrected chi connectivity index (χ1v) is 13.7. The lowest BCUT2D eigenvalue weighted by atomic mass is 9.78. The highest BCUT2D eigenvalue weighted by molar-refractivity contribution is 8.03. The standard InChI is InChI=1S/C23H33N9O5S/c1-10-4-13(24)7-31(10)21(34)15-5-14(6-25-15)38-20-11(2)18-17(22(35)32(18)19(20)23(36)37)12(3)27-16(33)8-30-9-26-28-29-30/h9-15,17-18,25H,4-8,24H2,1-3H3,(H,27,33)(H,36,37)/t10-,11-,12-,13-,14+,15+,17-,18-/m1/s1. The molecule has 0 bridgehead atoms. The molecule has 3 saturated heterocycles. The van der Waals surface area contributed by atoms with E-state index >= 15 is 0 Å². The predicted octanol–water partition coefficient (Wildman–Crippen LogP) is -1.64. The van der Waals surface area contributed by atoms with E-state index in [0.717, 1.165) is 6.42 Å². The summed E-state index contributed by atoms with van der Waals surface area (Å²) in [6.07, 6.45) is 2.67. The van der Waals surface area contributed by atoms with Crippen LogP contribution in [0.3, 0.4) is 0 Å². The molecule has 4 aliphatic heterocycles. The van der Waals surface area contributed by atoms with Crippen molar-refractivity contribution >= 4 is 35.5 Å². The molecule has 1 aromatic heterocycles. The number of carbonyl (C=O) groups excluding carboxylic acids is 3. The van der Waals surface area contributed by atoms with Crippen molar-refractivity contribution in [1.82, 2.24) is 40.6 Å². The Labute approximate surface area is 223 Å². The van der Waals surface area contributed by atoms with Gasteiger partial charge in [0, 0.05) is 47.3 Å². The first-order chi connectivity index (χ1) is 18.1. The van der Waals surface area contributed by atoms with Gasteiger partial charge < -0.3 is 31.3 Å². The van der Waals surface area contributed by atoms with E-state index in [4.69, 9.17) is 5.73 Å². The second kappa shape index (κ2) is 10.3. The number of carboxylic acids is 1. The van der Waals surface area contributed by atoms with E-state index in [0.29, 0.717) is 24.4 Å². The molecule has 8 atom stereocenters. The maximum absolute atomic E-state index is 13.1. The van der Waals surface area contributed by atoms with Crippen LogP contribution in [-0.2, 0) is 25.7 Å². The number of nitrogens with two attached hydrogens (primary N) is 1. The summed E-state index contributed by atoms with van der Waals surface area (Å²) in [4.78, 5) is 54.7. The summed E-state index contributed by atoms with van der Waals surface area (Å²) in [5.41, 5.74) is 6.04. The summed E-state index contributed by atoms with van der Waals surface area (Å²) in [5, 5.41) is 26.8. The number of tetrazole rings is 1. The van der Waals surface area contributed by atoms with E-state index in [-0.39, 0.29) is 65.3 Å². The van der Waals surface area contributed by atoms with E-state index in [1.165, 1.54) is 27.7 Å². The van der Waals surface area contributed by atoms with Gasteiger partial charge in [-0.25, -0.2) is 9.48 Å². The third-order valence-electron chi connectivity index (χ3n) is 7.99. The number of nitrogens with one attached hydrogen (secondary N) is 2. The third-order valence-corrected chi connectivity index (χ3v) is 9.50. The number of carboxylic acid groups (broad SMARTS) is 1. The minimum Gasteiger partial charge on any atom is -0.477 e. The molecule has 3 fully saturated rings. The largest absolute Gasteiger partial charge is 0.477 e.